The Morgan fingerprint density at radius 3 is 2.44 bits per heavy atom. The van der Waals surface area contributed by atoms with Gasteiger partial charge in [0, 0.05) is 10.0 Å². The number of rotatable bonds is 6. The number of aromatic nitrogens is 3. The molecule has 168 valence electrons. The molecule has 0 amide bonds. The van der Waals surface area contributed by atoms with E-state index in [1.165, 1.54) is 0 Å². The summed E-state index contributed by atoms with van der Waals surface area (Å²) in [5.74, 6) is 1.95. The van der Waals surface area contributed by atoms with Crippen molar-refractivity contribution in [3.63, 3.8) is 0 Å². The average molecular weight is 474 g/mol. The lowest BCUT2D eigenvalue weighted by Crippen LogP contribution is -2.36. The van der Waals surface area contributed by atoms with Crippen LogP contribution in [0.3, 0.4) is 0 Å². The van der Waals surface area contributed by atoms with Gasteiger partial charge in [-0.15, -0.1) is 0 Å². The van der Waals surface area contributed by atoms with Gasteiger partial charge in [-0.2, -0.15) is 5.10 Å². The fourth-order valence-corrected chi connectivity index (χ4v) is 5.37. The first-order valence-corrected chi connectivity index (χ1v) is 11.7. The normalized spacial score (nSPS) is 22.7. The van der Waals surface area contributed by atoms with Gasteiger partial charge in [-0.25, -0.2) is 9.67 Å². The molecular formula is C24H25Cl2N3O3. The third kappa shape index (κ3) is 4.64. The summed E-state index contributed by atoms with van der Waals surface area (Å²) in [6.45, 7) is 1.20. The molecule has 0 N–H and O–H groups in total. The fraction of sp³-hybridized carbons (Fsp3) is 0.417. The Morgan fingerprint density at radius 1 is 0.969 bits per heavy atom. The van der Waals surface area contributed by atoms with Gasteiger partial charge in [0.05, 0.1) is 13.2 Å². The van der Waals surface area contributed by atoms with E-state index in [2.05, 4.69) is 16.1 Å². The summed E-state index contributed by atoms with van der Waals surface area (Å²) < 4.78 is 19.7. The molecule has 2 fully saturated rings. The summed E-state index contributed by atoms with van der Waals surface area (Å²) in [5, 5.41) is 5.82. The van der Waals surface area contributed by atoms with Crippen molar-refractivity contribution in [2.75, 3.05) is 13.2 Å². The van der Waals surface area contributed by atoms with E-state index < -0.39 is 0 Å². The lowest BCUT2D eigenvalue weighted by atomic mass is 9.71. The average Bonchev–Trinajstić information content (AvgIpc) is 3.52. The SMILES string of the molecule is Clc1ccc(Oc2ccc(C3CCCCC3C(C3OCCO3)n3cncn3)c(Cl)c2)cc1. The summed E-state index contributed by atoms with van der Waals surface area (Å²) in [5.41, 5.74) is 1.13. The molecule has 0 radical (unpaired) electrons. The molecule has 1 saturated carbocycles. The number of halogens is 2. The van der Waals surface area contributed by atoms with E-state index in [1.807, 2.05) is 28.9 Å². The third-order valence-corrected chi connectivity index (χ3v) is 6.93. The van der Waals surface area contributed by atoms with Gasteiger partial charge in [-0.1, -0.05) is 42.1 Å². The minimum atomic E-state index is -0.325. The zero-order valence-corrected chi connectivity index (χ0v) is 19.1. The van der Waals surface area contributed by atoms with Crippen LogP contribution in [0.25, 0.3) is 0 Å². The third-order valence-electron chi connectivity index (χ3n) is 6.35. The van der Waals surface area contributed by atoms with Gasteiger partial charge in [-0.3, -0.25) is 0 Å². The number of ether oxygens (including phenoxy) is 3. The second kappa shape index (κ2) is 9.79. The molecule has 8 heteroatoms. The highest BCUT2D eigenvalue weighted by Gasteiger charge is 2.41. The minimum absolute atomic E-state index is 0.0497. The lowest BCUT2D eigenvalue weighted by molar-refractivity contribution is -0.103. The molecule has 0 spiro atoms. The summed E-state index contributed by atoms with van der Waals surface area (Å²) in [7, 11) is 0. The molecule has 2 aromatic carbocycles. The van der Waals surface area contributed by atoms with Crippen molar-refractivity contribution in [3.8, 4) is 11.5 Å². The first kappa shape index (κ1) is 21.7. The topological polar surface area (TPSA) is 58.4 Å². The van der Waals surface area contributed by atoms with Gasteiger partial charge < -0.3 is 14.2 Å². The smallest absolute Gasteiger partial charge is 0.180 e. The Morgan fingerprint density at radius 2 is 1.72 bits per heavy atom. The van der Waals surface area contributed by atoms with Gasteiger partial charge in [0.1, 0.15) is 30.2 Å². The Hall–Kier alpha value is -2.12. The van der Waals surface area contributed by atoms with E-state index >= 15 is 0 Å². The molecule has 1 aromatic heterocycles. The van der Waals surface area contributed by atoms with Crippen LogP contribution >= 0.6 is 23.2 Å². The quantitative estimate of drug-likeness (QED) is 0.422. The van der Waals surface area contributed by atoms with Crippen molar-refractivity contribution >= 4 is 23.2 Å². The van der Waals surface area contributed by atoms with Gasteiger partial charge in [-0.05, 0) is 66.6 Å². The molecule has 5 rings (SSSR count). The summed E-state index contributed by atoms with van der Waals surface area (Å²) in [6, 6.07) is 13.2. The monoisotopic (exact) mass is 473 g/mol. The van der Waals surface area contributed by atoms with E-state index in [-0.39, 0.29) is 24.2 Å². The standard InChI is InChI=1S/C24H25Cl2N3O3/c25-16-5-7-17(8-6-16)32-18-9-10-20(22(26)13-18)19-3-1-2-4-21(19)23(24-30-11-12-31-24)29-15-27-14-28-29/h5-10,13-15,19,21,23-24H,1-4,11-12H2. The number of hydrogen-bond acceptors (Lipinski definition) is 5. The second-order valence-electron chi connectivity index (χ2n) is 8.27. The van der Waals surface area contributed by atoms with E-state index in [9.17, 15) is 0 Å². The maximum atomic E-state index is 6.81. The van der Waals surface area contributed by atoms with E-state index in [0.717, 1.165) is 37.0 Å². The molecule has 3 aromatic rings. The van der Waals surface area contributed by atoms with Crippen LogP contribution < -0.4 is 4.74 Å². The molecule has 32 heavy (non-hydrogen) atoms. The maximum absolute atomic E-state index is 6.81. The first-order chi connectivity index (χ1) is 15.7. The molecule has 1 aliphatic carbocycles. The maximum Gasteiger partial charge on any atom is 0.180 e. The van der Waals surface area contributed by atoms with Crippen LogP contribution in [0, 0.1) is 5.92 Å². The van der Waals surface area contributed by atoms with Crippen molar-refractivity contribution < 1.29 is 14.2 Å². The number of benzene rings is 2. The van der Waals surface area contributed by atoms with Crippen molar-refractivity contribution in [3.05, 3.63) is 70.7 Å². The zero-order valence-electron chi connectivity index (χ0n) is 17.6. The number of nitrogens with zero attached hydrogens (tertiary/aromatic N) is 3. The van der Waals surface area contributed by atoms with Crippen LogP contribution in [-0.2, 0) is 9.47 Å². The van der Waals surface area contributed by atoms with Crippen molar-refractivity contribution in [1.82, 2.24) is 14.8 Å². The van der Waals surface area contributed by atoms with Gasteiger partial charge in [0.15, 0.2) is 6.29 Å². The van der Waals surface area contributed by atoms with Crippen LogP contribution in [0.5, 0.6) is 11.5 Å². The van der Waals surface area contributed by atoms with E-state index in [0.29, 0.717) is 29.0 Å². The molecule has 6 nitrogen and oxygen atoms in total. The highest BCUT2D eigenvalue weighted by atomic mass is 35.5. The second-order valence-corrected chi connectivity index (χ2v) is 9.11. The van der Waals surface area contributed by atoms with E-state index in [4.69, 9.17) is 37.4 Å². The lowest BCUT2D eigenvalue weighted by Gasteiger charge is -2.39. The Labute approximate surface area is 197 Å². The molecule has 3 unspecified atom stereocenters. The van der Waals surface area contributed by atoms with Crippen LogP contribution in [0.15, 0.2) is 55.1 Å². The van der Waals surface area contributed by atoms with Crippen molar-refractivity contribution in [2.45, 2.75) is 43.9 Å². The van der Waals surface area contributed by atoms with Gasteiger partial charge in [0.25, 0.3) is 0 Å². The molecule has 3 atom stereocenters. The van der Waals surface area contributed by atoms with Crippen LogP contribution in [-0.4, -0.2) is 34.3 Å². The van der Waals surface area contributed by atoms with Crippen LogP contribution in [0.4, 0.5) is 0 Å². The fourth-order valence-electron chi connectivity index (χ4n) is 4.93. The van der Waals surface area contributed by atoms with Crippen LogP contribution in [0.2, 0.25) is 10.0 Å². The zero-order chi connectivity index (χ0) is 21.9. The predicted octanol–water partition coefficient (Wildman–Crippen LogP) is 6.27. The summed E-state index contributed by atoms with van der Waals surface area (Å²) in [6.07, 6.45) is 7.43. The summed E-state index contributed by atoms with van der Waals surface area (Å²) in [4.78, 5) is 4.17. The molecule has 2 aliphatic rings. The first-order valence-electron chi connectivity index (χ1n) is 11.0. The highest BCUT2D eigenvalue weighted by molar-refractivity contribution is 6.31. The molecular weight excluding hydrogens is 449 g/mol. The van der Waals surface area contributed by atoms with E-state index in [1.54, 1.807) is 24.8 Å². The minimum Gasteiger partial charge on any atom is -0.457 e. The molecule has 0 bridgehead atoms. The molecule has 2 heterocycles. The van der Waals surface area contributed by atoms with Crippen molar-refractivity contribution in [2.24, 2.45) is 5.92 Å². The van der Waals surface area contributed by atoms with Crippen molar-refractivity contribution in [1.29, 1.82) is 0 Å². The largest absolute Gasteiger partial charge is 0.457 e. The summed E-state index contributed by atoms with van der Waals surface area (Å²) >= 11 is 12.8. The highest BCUT2D eigenvalue weighted by Crippen LogP contribution is 2.47. The van der Waals surface area contributed by atoms with Crippen LogP contribution in [0.1, 0.15) is 43.2 Å². The molecule has 1 aliphatic heterocycles. The van der Waals surface area contributed by atoms with Gasteiger partial charge in [0.2, 0.25) is 0 Å². The Bertz CT molecular complexity index is 1020. The Balaban J connectivity index is 1.42. The Kier molecular flexibility index (Phi) is 6.64. The number of hydrogen-bond donors (Lipinski definition) is 0. The molecule has 1 saturated heterocycles. The van der Waals surface area contributed by atoms with Gasteiger partial charge >= 0.3 is 0 Å². The predicted molar refractivity (Wildman–Crippen MR) is 122 cm³/mol.